The Hall–Kier alpha value is -1.95. The van der Waals surface area contributed by atoms with Crippen molar-refractivity contribution in [3.63, 3.8) is 0 Å². The zero-order valence-corrected chi connectivity index (χ0v) is 10.3. The normalized spacial score (nSPS) is 10.6. The van der Waals surface area contributed by atoms with E-state index < -0.39 is 5.97 Å². The number of aromatic nitrogens is 1. The first kappa shape index (κ1) is 12.5. The van der Waals surface area contributed by atoms with Gasteiger partial charge in [-0.3, -0.25) is 14.2 Å². The van der Waals surface area contributed by atoms with Crippen LogP contribution in [0.5, 0.6) is 0 Å². The number of carbonyl (C=O) groups is 1. The summed E-state index contributed by atoms with van der Waals surface area (Å²) in [6.07, 6.45) is 0. The van der Waals surface area contributed by atoms with Gasteiger partial charge < -0.3 is 5.11 Å². The monoisotopic (exact) mass is 267 g/mol. The summed E-state index contributed by atoms with van der Waals surface area (Å²) in [5, 5.41) is 8.73. The molecule has 1 N–H and O–H groups in total. The molecule has 0 amide bonds. The zero-order chi connectivity index (χ0) is 13.3. The molecule has 6 heteroatoms. The minimum absolute atomic E-state index is 0.325. The molecule has 1 heterocycles. The smallest absolute Gasteiger partial charge is 0.323 e. The van der Waals surface area contributed by atoms with Crippen LogP contribution < -0.4 is 4.87 Å². The van der Waals surface area contributed by atoms with Crippen molar-refractivity contribution in [3.8, 4) is 10.4 Å². The number of thiazole rings is 1. The summed E-state index contributed by atoms with van der Waals surface area (Å²) in [6, 6.07) is 5.75. The van der Waals surface area contributed by atoms with E-state index in [-0.39, 0.29) is 17.2 Å². The van der Waals surface area contributed by atoms with Gasteiger partial charge in [0.25, 0.3) is 0 Å². The van der Waals surface area contributed by atoms with E-state index in [1.165, 1.54) is 16.7 Å². The molecule has 4 nitrogen and oxygen atoms in total. The Morgan fingerprint density at radius 1 is 1.39 bits per heavy atom. The third-order valence-electron chi connectivity index (χ3n) is 2.54. The van der Waals surface area contributed by atoms with Gasteiger partial charge in [-0.15, -0.1) is 0 Å². The predicted molar refractivity (Wildman–Crippen MR) is 66.3 cm³/mol. The SMILES string of the molecule is Cc1c(-c2ccc(F)cc2)sc(=O)n1CC(=O)O. The third-order valence-corrected chi connectivity index (χ3v) is 3.67. The molecule has 1 aromatic carbocycles. The third kappa shape index (κ3) is 2.33. The minimum atomic E-state index is -1.07. The molecular formula is C12H10FNO3S. The standard InChI is InChI=1S/C12H10FNO3S/c1-7-11(8-2-4-9(13)5-3-8)18-12(17)14(7)6-10(15)16/h2-5H,6H2,1H3,(H,15,16). The van der Waals surface area contributed by atoms with Crippen molar-refractivity contribution >= 4 is 17.3 Å². The van der Waals surface area contributed by atoms with Gasteiger partial charge in [0.15, 0.2) is 0 Å². The molecule has 0 saturated heterocycles. The van der Waals surface area contributed by atoms with Crippen LogP contribution in [0.4, 0.5) is 4.39 Å². The van der Waals surface area contributed by atoms with E-state index in [9.17, 15) is 14.0 Å². The summed E-state index contributed by atoms with van der Waals surface area (Å²) in [5.41, 5.74) is 1.29. The molecule has 1 aromatic heterocycles. The molecule has 0 saturated carbocycles. The van der Waals surface area contributed by atoms with E-state index in [1.807, 2.05) is 0 Å². The van der Waals surface area contributed by atoms with Crippen LogP contribution in [0.3, 0.4) is 0 Å². The Morgan fingerprint density at radius 3 is 2.56 bits per heavy atom. The number of hydrogen-bond donors (Lipinski definition) is 1. The van der Waals surface area contributed by atoms with Gasteiger partial charge in [-0.1, -0.05) is 23.5 Å². The van der Waals surface area contributed by atoms with Crippen molar-refractivity contribution < 1.29 is 14.3 Å². The number of carboxylic acids is 1. The maximum Gasteiger partial charge on any atom is 0.323 e. The molecule has 0 radical (unpaired) electrons. The lowest BCUT2D eigenvalue weighted by Gasteiger charge is -2.02. The Morgan fingerprint density at radius 2 is 2.00 bits per heavy atom. The van der Waals surface area contributed by atoms with Gasteiger partial charge in [-0.05, 0) is 24.6 Å². The molecule has 0 unspecified atom stereocenters. The fraction of sp³-hybridized carbons (Fsp3) is 0.167. The van der Waals surface area contributed by atoms with E-state index in [2.05, 4.69) is 0 Å². The van der Waals surface area contributed by atoms with Crippen LogP contribution in [0.2, 0.25) is 0 Å². The van der Waals surface area contributed by atoms with E-state index in [0.717, 1.165) is 11.3 Å². The van der Waals surface area contributed by atoms with Gasteiger partial charge in [-0.2, -0.15) is 0 Å². The largest absolute Gasteiger partial charge is 0.480 e. The quantitative estimate of drug-likeness (QED) is 0.926. The maximum absolute atomic E-state index is 12.8. The van der Waals surface area contributed by atoms with Crippen LogP contribution in [-0.2, 0) is 11.3 Å². The Labute approximate surface area is 106 Å². The first-order valence-corrected chi connectivity index (χ1v) is 5.98. The summed E-state index contributed by atoms with van der Waals surface area (Å²) in [5.74, 6) is -1.42. The van der Waals surface area contributed by atoms with E-state index >= 15 is 0 Å². The summed E-state index contributed by atoms with van der Waals surface area (Å²) >= 11 is 0.964. The van der Waals surface area contributed by atoms with Crippen molar-refractivity contribution in [2.75, 3.05) is 0 Å². The first-order valence-electron chi connectivity index (χ1n) is 5.17. The molecular weight excluding hydrogens is 257 g/mol. The van der Waals surface area contributed by atoms with E-state index in [0.29, 0.717) is 16.1 Å². The van der Waals surface area contributed by atoms with Crippen molar-refractivity contribution in [1.82, 2.24) is 4.57 Å². The fourth-order valence-corrected chi connectivity index (χ4v) is 2.66. The number of hydrogen-bond acceptors (Lipinski definition) is 3. The fourth-order valence-electron chi connectivity index (χ4n) is 1.66. The lowest BCUT2D eigenvalue weighted by atomic mass is 10.1. The van der Waals surface area contributed by atoms with Gasteiger partial charge in [-0.25, -0.2) is 4.39 Å². The molecule has 2 aromatic rings. The van der Waals surface area contributed by atoms with Gasteiger partial charge >= 0.3 is 10.8 Å². The Bertz CT molecular complexity index is 642. The molecule has 0 bridgehead atoms. The highest BCUT2D eigenvalue weighted by atomic mass is 32.1. The second-order valence-corrected chi connectivity index (χ2v) is 4.73. The average Bonchev–Trinajstić information content (AvgIpc) is 2.58. The Kier molecular flexibility index (Phi) is 3.29. The van der Waals surface area contributed by atoms with Crippen molar-refractivity contribution in [3.05, 3.63) is 45.4 Å². The molecule has 18 heavy (non-hydrogen) atoms. The molecule has 0 atom stereocenters. The van der Waals surface area contributed by atoms with E-state index in [1.54, 1.807) is 19.1 Å². The van der Waals surface area contributed by atoms with Crippen LogP contribution in [0.15, 0.2) is 29.1 Å². The lowest BCUT2D eigenvalue weighted by Crippen LogP contribution is -2.19. The molecule has 94 valence electrons. The van der Waals surface area contributed by atoms with Crippen molar-refractivity contribution in [2.24, 2.45) is 0 Å². The summed E-state index contributed by atoms with van der Waals surface area (Å²) in [6.45, 7) is 1.32. The zero-order valence-electron chi connectivity index (χ0n) is 9.51. The Balaban J connectivity index is 2.50. The number of benzene rings is 1. The summed E-state index contributed by atoms with van der Waals surface area (Å²) in [7, 11) is 0. The average molecular weight is 267 g/mol. The van der Waals surface area contributed by atoms with Crippen LogP contribution in [-0.4, -0.2) is 15.6 Å². The number of carboxylic acid groups (broad SMARTS) is 1. The topological polar surface area (TPSA) is 59.3 Å². The molecule has 0 aliphatic heterocycles. The molecule has 0 spiro atoms. The number of rotatable bonds is 3. The molecule has 0 fully saturated rings. The van der Waals surface area contributed by atoms with Crippen LogP contribution >= 0.6 is 11.3 Å². The molecule has 2 rings (SSSR count). The van der Waals surface area contributed by atoms with Gasteiger partial charge in [0.05, 0.1) is 4.88 Å². The summed E-state index contributed by atoms with van der Waals surface area (Å²) < 4.78 is 14.0. The number of aliphatic carboxylic acids is 1. The number of nitrogens with zero attached hydrogens (tertiary/aromatic N) is 1. The van der Waals surface area contributed by atoms with Gasteiger partial charge in [0.2, 0.25) is 0 Å². The molecule has 0 aliphatic carbocycles. The van der Waals surface area contributed by atoms with Gasteiger partial charge in [0.1, 0.15) is 12.4 Å². The van der Waals surface area contributed by atoms with Crippen LogP contribution in [0.1, 0.15) is 5.69 Å². The summed E-state index contributed by atoms with van der Waals surface area (Å²) in [4.78, 5) is 22.7. The van der Waals surface area contributed by atoms with Crippen LogP contribution in [0.25, 0.3) is 10.4 Å². The van der Waals surface area contributed by atoms with Crippen LogP contribution in [0, 0.1) is 12.7 Å². The highest BCUT2D eigenvalue weighted by molar-refractivity contribution is 7.13. The van der Waals surface area contributed by atoms with E-state index in [4.69, 9.17) is 5.11 Å². The predicted octanol–water partition coefficient (Wildman–Crippen LogP) is 2.11. The first-order chi connectivity index (χ1) is 8.49. The van der Waals surface area contributed by atoms with Crippen molar-refractivity contribution in [2.45, 2.75) is 13.5 Å². The second-order valence-electron chi connectivity index (χ2n) is 3.77. The minimum Gasteiger partial charge on any atom is -0.480 e. The molecule has 0 aliphatic rings. The second kappa shape index (κ2) is 4.73. The van der Waals surface area contributed by atoms with Crippen molar-refractivity contribution in [1.29, 1.82) is 0 Å². The highest BCUT2D eigenvalue weighted by Gasteiger charge is 2.14. The maximum atomic E-state index is 12.8. The lowest BCUT2D eigenvalue weighted by molar-refractivity contribution is -0.137. The van der Waals surface area contributed by atoms with Gasteiger partial charge in [0, 0.05) is 5.69 Å². The number of halogens is 1. The highest BCUT2D eigenvalue weighted by Crippen LogP contribution is 2.26.